The number of nitrogens with one attached hydrogen (secondary N) is 1. The third kappa shape index (κ3) is 1.15. The molecule has 1 N–H and O–H groups in total. The van der Waals surface area contributed by atoms with Crippen LogP contribution in [0.15, 0.2) is 0 Å². The largest absolute Gasteiger partial charge is 0.772 e. The zero-order valence-electron chi connectivity index (χ0n) is 4.66. The molecule has 0 aromatic rings. The van der Waals surface area contributed by atoms with Crippen LogP contribution in [0.1, 0.15) is 0 Å². The predicted octanol–water partition coefficient (Wildman–Crippen LogP) is -0.169. The summed E-state index contributed by atoms with van der Waals surface area (Å²) in [6, 6.07) is 0. The van der Waals surface area contributed by atoms with Crippen molar-refractivity contribution in [3.05, 3.63) is 11.0 Å². The molecule has 0 aliphatic carbocycles. The summed E-state index contributed by atoms with van der Waals surface area (Å²) in [5.41, 5.74) is 0. The summed E-state index contributed by atoms with van der Waals surface area (Å²) in [6.07, 6.45) is 0. The summed E-state index contributed by atoms with van der Waals surface area (Å²) in [5.74, 6) is 6.92. The van der Waals surface area contributed by atoms with Crippen molar-refractivity contribution in [2.45, 2.75) is 0 Å². The zero-order valence-corrected chi connectivity index (χ0v) is 4.66. The summed E-state index contributed by atoms with van der Waals surface area (Å²) >= 11 is 0. The van der Waals surface area contributed by atoms with E-state index in [0.717, 1.165) is 18.3 Å². The van der Waals surface area contributed by atoms with Gasteiger partial charge in [-0.1, -0.05) is 0 Å². The lowest BCUT2D eigenvalue weighted by atomic mass is 11.0. The van der Waals surface area contributed by atoms with E-state index in [-0.39, 0.29) is 0 Å². The van der Waals surface area contributed by atoms with Crippen molar-refractivity contribution in [2.24, 2.45) is 0 Å². The Bertz CT molecular complexity index is 79.4. The highest BCUT2D eigenvalue weighted by atomic mass is 16.6. The molecule has 48 valence electrons. The monoisotopic (exact) mass is 116 g/mol. The summed E-state index contributed by atoms with van der Waals surface area (Å²) in [5, 5.41) is 13.1. The highest BCUT2D eigenvalue weighted by Gasteiger charge is 2.17. The normalized spacial score (nSPS) is 20.6. The molecule has 1 saturated heterocycles. The minimum Gasteiger partial charge on any atom is -0.772 e. The van der Waals surface area contributed by atoms with Crippen LogP contribution in [0, 0.1) is 5.21 Å². The number of nitrogens with zero attached hydrogens (tertiary/aromatic N) is 3. The summed E-state index contributed by atoms with van der Waals surface area (Å²) in [6.45, 7) is 1.66. The molecule has 1 fully saturated rings. The highest BCUT2D eigenvalue weighted by molar-refractivity contribution is 4.69. The SMILES string of the molecule is CN([O-])N([NH-])N1CC1. The molecule has 0 radical (unpaired) electrons. The number of rotatable bonds is 2. The molecule has 0 aromatic carbocycles. The molecule has 1 rings (SSSR count). The van der Waals surface area contributed by atoms with Crippen molar-refractivity contribution in [1.29, 1.82) is 0 Å². The van der Waals surface area contributed by atoms with Gasteiger partial charge in [0.05, 0.1) is 0 Å². The highest BCUT2D eigenvalue weighted by Crippen LogP contribution is 2.09. The second kappa shape index (κ2) is 1.96. The van der Waals surface area contributed by atoms with Crippen LogP contribution in [-0.4, -0.2) is 35.5 Å². The van der Waals surface area contributed by atoms with Crippen LogP contribution in [-0.2, 0) is 0 Å². The van der Waals surface area contributed by atoms with Crippen LogP contribution in [0.2, 0.25) is 0 Å². The van der Waals surface area contributed by atoms with E-state index in [4.69, 9.17) is 5.84 Å². The third-order valence-corrected chi connectivity index (χ3v) is 0.958. The van der Waals surface area contributed by atoms with Gasteiger partial charge >= 0.3 is 0 Å². The van der Waals surface area contributed by atoms with Crippen LogP contribution in [0.3, 0.4) is 0 Å². The van der Waals surface area contributed by atoms with Gasteiger partial charge in [-0.3, -0.25) is 5.23 Å². The van der Waals surface area contributed by atoms with Gasteiger partial charge in [0.2, 0.25) is 0 Å². The van der Waals surface area contributed by atoms with Crippen molar-refractivity contribution >= 4 is 0 Å². The van der Waals surface area contributed by atoms with Gasteiger partial charge in [0.1, 0.15) is 0 Å². The van der Waals surface area contributed by atoms with E-state index in [0.29, 0.717) is 5.17 Å². The van der Waals surface area contributed by atoms with Crippen LogP contribution in [0.4, 0.5) is 0 Å². The van der Waals surface area contributed by atoms with E-state index in [2.05, 4.69) is 0 Å². The van der Waals surface area contributed by atoms with Gasteiger partial charge in [0, 0.05) is 13.1 Å². The van der Waals surface area contributed by atoms with Crippen molar-refractivity contribution < 1.29 is 0 Å². The zero-order chi connectivity index (χ0) is 6.15. The van der Waals surface area contributed by atoms with E-state index in [9.17, 15) is 5.21 Å². The van der Waals surface area contributed by atoms with E-state index < -0.39 is 0 Å². The van der Waals surface area contributed by atoms with Crippen LogP contribution in [0.25, 0.3) is 5.84 Å². The molecule has 5 nitrogen and oxygen atoms in total. The smallest absolute Gasteiger partial charge is 0.0272 e. The van der Waals surface area contributed by atoms with E-state index >= 15 is 0 Å². The predicted molar refractivity (Wildman–Crippen MR) is 28.9 cm³/mol. The molecule has 0 aromatic heterocycles. The molecule has 0 bridgehead atoms. The fourth-order valence-corrected chi connectivity index (χ4v) is 0.412. The van der Waals surface area contributed by atoms with Gasteiger partial charge in [0.25, 0.3) is 0 Å². The average molecular weight is 116 g/mol. The molecule has 0 spiro atoms. The second-order valence-corrected chi connectivity index (χ2v) is 1.71. The molecule has 5 heteroatoms. The minimum atomic E-state index is 0.479. The van der Waals surface area contributed by atoms with Gasteiger partial charge < -0.3 is 16.2 Å². The molecule has 0 saturated carbocycles. The van der Waals surface area contributed by atoms with Crippen molar-refractivity contribution in [1.82, 2.24) is 15.4 Å². The van der Waals surface area contributed by atoms with Crippen molar-refractivity contribution in [3.63, 3.8) is 0 Å². The van der Waals surface area contributed by atoms with Crippen molar-refractivity contribution in [3.8, 4) is 0 Å². The lowest BCUT2D eigenvalue weighted by Crippen LogP contribution is -2.33. The maximum absolute atomic E-state index is 10.2. The van der Waals surface area contributed by atoms with Crippen LogP contribution >= 0.6 is 0 Å². The number of hydrogen-bond donors (Lipinski definition) is 0. The standard InChI is InChI=1S/C3H8N4O/c1-5(8)7(4)6-2-3-6/h4H,2-3H2,1H3/q-2. The summed E-state index contributed by atoms with van der Waals surface area (Å²) in [4.78, 5) is 0. The Hall–Kier alpha value is -0.200. The lowest BCUT2D eigenvalue weighted by molar-refractivity contribution is -0.0270. The maximum atomic E-state index is 10.2. The average Bonchev–Trinajstić information content (AvgIpc) is 2.43. The third-order valence-electron chi connectivity index (χ3n) is 0.958. The molecule has 1 aliphatic heterocycles. The molecular formula is C3H8N4O-2. The molecular weight excluding hydrogens is 108 g/mol. The quantitative estimate of drug-likeness (QED) is 0.371. The van der Waals surface area contributed by atoms with Gasteiger partial charge in [-0.05, 0) is 7.05 Å². The van der Waals surface area contributed by atoms with E-state index in [1.54, 1.807) is 5.01 Å². The number of hydroxylamine groups is 1. The summed E-state index contributed by atoms with van der Waals surface area (Å²) < 4.78 is 0. The Labute approximate surface area is 47.7 Å². The first-order valence-corrected chi connectivity index (χ1v) is 2.39. The number of hydrogen-bond acceptors (Lipinski definition) is 4. The molecule has 1 heterocycles. The molecule has 0 atom stereocenters. The fraction of sp³-hybridized carbons (Fsp3) is 1.00. The van der Waals surface area contributed by atoms with E-state index in [1.165, 1.54) is 7.05 Å². The first kappa shape index (κ1) is 5.93. The van der Waals surface area contributed by atoms with E-state index in [1.807, 2.05) is 0 Å². The van der Waals surface area contributed by atoms with Gasteiger partial charge in [0.15, 0.2) is 0 Å². The minimum absolute atomic E-state index is 0.479. The molecule has 0 amide bonds. The molecule has 1 aliphatic rings. The second-order valence-electron chi connectivity index (χ2n) is 1.71. The molecule has 8 heavy (non-hydrogen) atoms. The Kier molecular flexibility index (Phi) is 1.45. The van der Waals surface area contributed by atoms with Gasteiger partial charge in [-0.25, -0.2) is 5.01 Å². The van der Waals surface area contributed by atoms with Gasteiger partial charge in [-0.2, -0.15) is 0 Å². The molecule has 0 unspecified atom stereocenters. The maximum Gasteiger partial charge on any atom is 0.0272 e. The lowest BCUT2D eigenvalue weighted by Gasteiger charge is -2.41. The van der Waals surface area contributed by atoms with Crippen LogP contribution < -0.4 is 0 Å². The first-order chi connectivity index (χ1) is 3.72. The Morgan fingerprint density at radius 1 is 1.62 bits per heavy atom. The van der Waals surface area contributed by atoms with Gasteiger partial charge in [-0.15, -0.1) is 0 Å². The first-order valence-electron chi connectivity index (χ1n) is 2.39. The summed E-state index contributed by atoms with van der Waals surface area (Å²) in [7, 11) is 1.30. The number of hydrazine groups is 2. The van der Waals surface area contributed by atoms with Crippen LogP contribution in [0.5, 0.6) is 0 Å². The Morgan fingerprint density at radius 3 is 2.25 bits per heavy atom. The Balaban J connectivity index is 2.22. The fourth-order valence-electron chi connectivity index (χ4n) is 0.412. The van der Waals surface area contributed by atoms with Crippen molar-refractivity contribution in [2.75, 3.05) is 20.1 Å². The Morgan fingerprint density at radius 2 is 2.12 bits per heavy atom. The topological polar surface area (TPSA) is 56.4 Å².